The van der Waals surface area contributed by atoms with Gasteiger partial charge in [-0.1, -0.05) is 36.2 Å². The predicted octanol–water partition coefficient (Wildman–Crippen LogP) is 3.18. The van der Waals surface area contributed by atoms with Crippen LogP contribution in [0.2, 0.25) is 0 Å². The normalized spacial score (nSPS) is 12.4. The van der Waals surface area contributed by atoms with E-state index >= 15 is 0 Å². The van der Waals surface area contributed by atoms with E-state index < -0.39 is 0 Å². The minimum atomic E-state index is 0.140. The number of nitrogens with one attached hydrogen (secondary N) is 1. The summed E-state index contributed by atoms with van der Waals surface area (Å²) in [5.74, 6) is 0. The standard InChI is InChI=1S/C16H21N3/c1-4-6-18-16(15-5-7-17-11-19-15)14-9-12(2)8-13(3)10-14/h5,7-11,16,18H,4,6H2,1-3H3. The van der Waals surface area contributed by atoms with Crippen LogP contribution in [0.25, 0.3) is 0 Å². The zero-order valence-corrected chi connectivity index (χ0v) is 11.9. The number of hydrogen-bond acceptors (Lipinski definition) is 3. The highest BCUT2D eigenvalue weighted by Crippen LogP contribution is 2.22. The smallest absolute Gasteiger partial charge is 0.115 e. The Morgan fingerprint density at radius 1 is 1.16 bits per heavy atom. The zero-order valence-electron chi connectivity index (χ0n) is 11.9. The maximum atomic E-state index is 4.39. The molecule has 19 heavy (non-hydrogen) atoms. The fraction of sp³-hybridized carbons (Fsp3) is 0.375. The summed E-state index contributed by atoms with van der Waals surface area (Å²) in [6.45, 7) is 7.41. The molecule has 0 amide bonds. The molecular weight excluding hydrogens is 234 g/mol. The number of hydrogen-bond donors (Lipinski definition) is 1. The molecule has 2 rings (SSSR count). The summed E-state index contributed by atoms with van der Waals surface area (Å²) < 4.78 is 0. The Hall–Kier alpha value is -1.74. The average Bonchev–Trinajstić information content (AvgIpc) is 2.39. The van der Waals surface area contributed by atoms with Crippen molar-refractivity contribution >= 4 is 0 Å². The van der Waals surface area contributed by atoms with E-state index in [1.54, 1.807) is 12.5 Å². The molecule has 1 heterocycles. The molecule has 100 valence electrons. The van der Waals surface area contributed by atoms with Gasteiger partial charge in [0, 0.05) is 6.20 Å². The van der Waals surface area contributed by atoms with Gasteiger partial charge in [0.05, 0.1) is 11.7 Å². The molecule has 0 radical (unpaired) electrons. The van der Waals surface area contributed by atoms with E-state index in [4.69, 9.17) is 0 Å². The fourth-order valence-corrected chi connectivity index (χ4v) is 2.33. The van der Waals surface area contributed by atoms with Crippen LogP contribution in [0.4, 0.5) is 0 Å². The Kier molecular flexibility index (Phi) is 4.63. The van der Waals surface area contributed by atoms with E-state index in [2.05, 4.69) is 54.3 Å². The van der Waals surface area contributed by atoms with Crippen molar-refractivity contribution in [1.29, 1.82) is 0 Å². The Labute approximate surface area is 115 Å². The Morgan fingerprint density at radius 2 is 1.89 bits per heavy atom. The van der Waals surface area contributed by atoms with Crippen LogP contribution in [0.15, 0.2) is 36.8 Å². The highest BCUT2D eigenvalue weighted by atomic mass is 14.9. The highest BCUT2D eigenvalue weighted by Gasteiger charge is 2.15. The summed E-state index contributed by atoms with van der Waals surface area (Å²) in [6.07, 6.45) is 4.51. The second-order valence-corrected chi connectivity index (χ2v) is 4.94. The molecule has 0 saturated carbocycles. The predicted molar refractivity (Wildman–Crippen MR) is 78.1 cm³/mol. The maximum absolute atomic E-state index is 4.39. The van der Waals surface area contributed by atoms with Crippen LogP contribution in [-0.4, -0.2) is 16.5 Å². The number of rotatable bonds is 5. The summed E-state index contributed by atoms with van der Waals surface area (Å²) in [7, 11) is 0. The molecule has 0 spiro atoms. The lowest BCUT2D eigenvalue weighted by atomic mass is 9.99. The molecule has 1 N–H and O–H groups in total. The van der Waals surface area contributed by atoms with Crippen LogP contribution < -0.4 is 5.32 Å². The van der Waals surface area contributed by atoms with Gasteiger partial charge in [-0.15, -0.1) is 0 Å². The third kappa shape index (κ3) is 3.61. The average molecular weight is 255 g/mol. The first-order valence-corrected chi connectivity index (χ1v) is 6.78. The van der Waals surface area contributed by atoms with Gasteiger partial charge in [0.2, 0.25) is 0 Å². The van der Waals surface area contributed by atoms with Crippen molar-refractivity contribution in [2.45, 2.75) is 33.2 Å². The summed E-state index contributed by atoms with van der Waals surface area (Å²) in [5, 5.41) is 3.57. The fourth-order valence-electron chi connectivity index (χ4n) is 2.33. The van der Waals surface area contributed by atoms with Crippen molar-refractivity contribution in [2.24, 2.45) is 0 Å². The van der Waals surface area contributed by atoms with E-state index in [0.717, 1.165) is 18.7 Å². The first-order chi connectivity index (χ1) is 9.20. The first kappa shape index (κ1) is 13.7. The largest absolute Gasteiger partial charge is 0.305 e. The van der Waals surface area contributed by atoms with Gasteiger partial charge in [-0.25, -0.2) is 9.97 Å². The van der Waals surface area contributed by atoms with Crippen molar-refractivity contribution in [3.05, 3.63) is 59.2 Å². The highest BCUT2D eigenvalue weighted by molar-refractivity contribution is 5.34. The van der Waals surface area contributed by atoms with Gasteiger partial charge in [0.15, 0.2) is 0 Å². The minimum Gasteiger partial charge on any atom is -0.305 e. The monoisotopic (exact) mass is 255 g/mol. The molecule has 1 atom stereocenters. The lowest BCUT2D eigenvalue weighted by molar-refractivity contribution is 0.584. The zero-order chi connectivity index (χ0) is 13.7. The van der Waals surface area contributed by atoms with Gasteiger partial charge >= 0.3 is 0 Å². The van der Waals surface area contributed by atoms with E-state index in [0.29, 0.717) is 0 Å². The van der Waals surface area contributed by atoms with Crippen LogP contribution in [0.5, 0.6) is 0 Å². The second kappa shape index (κ2) is 6.43. The van der Waals surface area contributed by atoms with Crippen molar-refractivity contribution in [1.82, 2.24) is 15.3 Å². The van der Waals surface area contributed by atoms with Crippen molar-refractivity contribution in [2.75, 3.05) is 6.54 Å². The van der Waals surface area contributed by atoms with E-state index in [1.807, 2.05) is 6.07 Å². The van der Waals surface area contributed by atoms with Gasteiger partial charge < -0.3 is 5.32 Å². The number of nitrogens with zero attached hydrogens (tertiary/aromatic N) is 2. The van der Waals surface area contributed by atoms with Crippen molar-refractivity contribution < 1.29 is 0 Å². The molecule has 2 aromatic rings. The lowest BCUT2D eigenvalue weighted by Crippen LogP contribution is -2.24. The number of aryl methyl sites for hydroxylation is 2. The van der Waals surface area contributed by atoms with Gasteiger partial charge in [-0.3, -0.25) is 0 Å². The van der Waals surface area contributed by atoms with Crippen LogP contribution in [0.1, 0.15) is 41.8 Å². The summed E-state index contributed by atoms with van der Waals surface area (Å²) >= 11 is 0. The molecule has 0 saturated heterocycles. The molecule has 3 nitrogen and oxygen atoms in total. The SMILES string of the molecule is CCCNC(c1cc(C)cc(C)c1)c1ccncn1. The Morgan fingerprint density at radius 3 is 2.47 bits per heavy atom. The van der Waals surface area contributed by atoms with Crippen LogP contribution >= 0.6 is 0 Å². The van der Waals surface area contributed by atoms with Crippen LogP contribution in [0.3, 0.4) is 0 Å². The molecule has 0 aliphatic carbocycles. The Bertz CT molecular complexity index is 503. The molecule has 3 heteroatoms. The molecule has 0 aliphatic heterocycles. The summed E-state index contributed by atoms with van der Waals surface area (Å²) in [6, 6.07) is 8.76. The van der Waals surface area contributed by atoms with Crippen molar-refractivity contribution in [3.63, 3.8) is 0 Å². The molecule has 1 aromatic heterocycles. The molecule has 0 fully saturated rings. The van der Waals surface area contributed by atoms with Crippen LogP contribution in [-0.2, 0) is 0 Å². The first-order valence-electron chi connectivity index (χ1n) is 6.78. The second-order valence-electron chi connectivity index (χ2n) is 4.94. The molecular formula is C16H21N3. The number of aromatic nitrogens is 2. The minimum absolute atomic E-state index is 0.140. The quantitative estimate of drug-likeness (QED) is 0.891. The van der Waals surface area contributed by atoms with E-state index in [9.17, 15) is 0 Å². The van der Waals surface area contributed by atoms with Crippen LogP contribution in [0, 0.1) is 13.8 Å². The molecule has 1 unspecified atom stereocenters. The van der Waals surface area contributed by atoms with Gasteiger partial charge in [-0.2, -0.15) is 0 Å². The Balaban J connectivity index is 2.36. The van der Waals surface area contributed by atoms with Crippen molar-refractivity contribution in [3.8, 4) is 0 Å². The lowest BCUT2D eigenvalue weighted by Gasteiger charge is -2.19. The van der Waals surface area contributed by atoms with E-state index in [1.165, 1.54) is 16.7 Å². The maximum Gasteiger partial charge on any atom is 0.115 e. The third-order valence-electron chi connectivity index (χ3n) is 3.08. The molecule has 0 bridgehead atoms. The topological polar surface area (TPSA) is 37.8 Å². The summed E-state index contributed by atoms with van der Waals surface area (Å²) in [5.41, 5.74) is 4.86. The molecule has 1 aromatic carbocycles. The van der Waals surface area contributed by atoms with Gasteiger partial charge in [-0.05, 0) is 38.4 Å². The molecule has 0 aliphatic rings. The third-order valence-corrected chi connectivity index (χ3v) is 3.08. The van der Waals surface area contributed by atoms with E-state index in [-0.39, 0.29) is 6.04 Å². The summed E-state index contributed by atoms with van der Waals surface area (Å²) in [4.78, 5) is 8.39. The van der Waals surface area contributed by atoms with Gasteiger partial charge in [0.1, 0.15) is 6.33 Å². The van der Waals surface area contributed by atoms with Gasteiger partial charge in [0.25, 0.3) is 0 Å². The number of benzene rings is 1.